The molecule has 2 aromatic carbocycles. The van der Waals surface area contributed by atoms with E-state index in [0.717, 1.165) is 21.3 Å². The van der Waals surface area contributed by atoms with E-state index < -0.39 is 5.92 Å². The summed E-state index contributed by atoms with van der Waals surface area (Å²) in [6.07, 6.45) is 0.970. The first-order chi connectivity index (χ1) is 19.1. The minimum absolute atomic E-state index is 0.00749. The third-order valence-corrected chi connectivity index (χ3v) is 9.44. The summed E-state index contributed by atoms with van der Waals surface area (Å²) in [4.78, 5) is 27.9. The van der Waals surface area contributed by atoms with Gasteiger partial charge in [0.15, 0.2) is 10.1 Å². The zero-order chi connectivity index (χ0) is 28.6. The van der Waals surface area contributed by atoms with Gasteiger partial charge in [-0.25, -0.2) is 0 Å². The van der Waals surface area contributed by atoms with Crippen molar-refractivity contribution in [1.82, 2.24) is 10.2 Å². The summed E-state index contributed by atoms with van der Waals surface area (Å²) in [6.45, 7) is 6.09. The molecule has 3 aromatic rings. The summed E-state index contributed by atoms with van der Waals surface area (Å²) in [6, 6.07) is 17.5. The number of hydrogen-bond donors (Lipinski definition) is 2. The maximum atomic E-state index is 13.7. The molecule has 5 rings (SSSR count). The Morgan fingerprint density at radius 3 is 2.75 bits per heavy atom. The van der Waals surface area contributed by atoms with Gasteiger partial charge in [-0.1, -0.05) is 83.2 Å². The van der Waals surface area contributed by atoms with Gasteiger partial charge in [0.2, 0.25) is 11.0 Å². The van der Waals surface area contributed by atoms with Crippen LogP contribution < -0.4 is 16.0 Å². The van der Waals surface area contributed by atoms with E-state index in [1.165, 1.54) is 23.1 Å². The number of Topliss-reactive ketones (excluding diaryl/α,β-unsaturated/α-hetero) is 1. The number of anilines is 2. The summed E-state index contributed by atoms with van der Waals surface area (Å²) in [7, 11) is 0. The first-order valence-electron chi connectivity index (χ1n) is 12.6. The Bertz CT molecular complexity index is 1620. The number of halogens is 1. The molecule has 11 heteroatoms. The number of aromatic nitrogens is 2. The SMILES string of the molecule is Cc1ccccc1C1C(C#N)=C(N)N(c2nnc(SCC(=O)Nc3cccc(Br)c3)s2)C2=C1C(=O)CC(C)(C)C2. The molecule has 0 saturated carbocycles. The molecule has 1 atom stereocenters. The second kappa shape index (κ2) is 11.2. The predicted molar refractivity (Wildman–Crippen MR) is 162 cm³/mol. The van der Waals surface area contributed by atoms with Gasteiger partial charge >= 0.3 is 0 Å². The van der Waals surface area contributed by atoms with E-state index in [2.05, 4.69) is 51.4 Å². The standard InChI is InChI=1S/C29H27BrN6O2S2/c1-16-7-4-5-10-19(16)24-20(14-31)26(32)36(21-12-29(2,3)13-22(37)25(21)24)27-34-35-28(40-27)39-15-23(38)33-18-9-6-8-17(30)11-18/h4-11,24H,12-13,15,32H2,1-3H3,(H,33,38). The normalized spacial score (nSPS) is 18.4. The van der Waals surface area contributed by atoms with Crippen molar-refractivity contribution < 1.29 is 9.59 Å². The number of amides is 1. The Morgan fingerprint density at radius 1 is 1.25 bits per heavy atom. The molecular weight excluding hydrogens is 608 g/mol. The van der Waals surface area contributed by atoms with Crippen molar-refractivity contribution in [1.29, 1.82) is 5.26 Å². The number of carbonyl (C=O) groups is 2. The molecule has 0 fully saturated rings. The highest BCUT2D eigenvalue weighted by Gasteiger charge is 2.45. The number of carbonyl (C=O) groups excluding carboxylic acids is 2. The van der Waals surface area contributed by atoms with Crippen LogP contribution in [0.2, 0.25) is 0 Å². The molecule has 1 unspecified atom stereocenters. The highest BCUT2D eigenvalue weighted by molar-refractivity contribution is 9.10. The number of thioether (sulfide) groups is 1. The molecule has 8 nitrogen and oxygen atoms in total. The van der Waals surface area contributed by atoms with E-state index in [1.807, 2.05) is 55.5 Å². The lowest BCUT2D eigenvalue weighted by molar-refractivity contribution is -0.118. The number of hydrogen-bond acceptors (Lipinski definition) is 9. The van der Waals surface area contributed by atoms with E-state index in [0.29, 0.717) is 39.1 Å². The van der Waals surface area contributed by atoms with Crippen molar-refractivity contribution in [2.24, 2.45) is 11.1 Å². The Kier molecular flexibility index (Phi) is 7.86. The number of nitrogens with zero attached hydrogens (tertiary/aromatic N) is 4. The topological polar surface area (TPSA) is 125 Å². The van der Waals surface area contributed by atoms with Crippen LogP contribution in [0, 0.1) is 23.7 Å². The van der Waals surface area contributed by atoms with Crippen molar-refractivity contribution >= 4 is 61.5 Å². The van der Waals surface area contributed by atoms with Crippen molar-refractivity contribution in [3.05, 3.63) is 86.8 Å². The summed E-state index contributed by atoms with van der Waals surface area (Å²) >= 11 is 5.94. The molecule has 3 N–H and O–H groups in total. The van der Waals surface area contributed by atoms with E-state index in [1.54, 1.807) is 4.90 Å². The first kappa shape index (κ1) is 28.1. The van der Waals surface area contributed by atoms with Crippen molar-refractivity contribution in [2.45, 2.75) is 43.9 Å². The summed E-state index contributed by atoms with van der Waals surface area (Å²) in [5, 5.41) is 22.3. The minimum atomic E-state index is -0.537. The average molecular weight is 636 g/mol. The Morgan fingerprint density at radius 2 is 2.02 bits per heavy atom. The predicted octanol–water partition coefficient (Wildman–Crippen LogP) is 6.28. The van der Waals surface area contributed by atoms with Crippen LogP contribution >= 0.6 is 39.0 Å². The van der Waals surface area contributed by atoms with Crippen LogP contribution in [0.1, 0.15) is 43.7 Å². The van der Waals surface area contributed by atoms with Gasteiger partial charge in [0, 0.05) is 27.9 Å². The van der Waals surface area contributed by atoms with Crippen molar-refractivity contribution in [2.75, 3.05) is 16.0 Å². The van der Waals surface area contributed by atoms with E-state index in [9.17, 15) is 14.9 Å². The smallest absolute Gasteiger partial charge is 0.234 e. The number of nitriles is 1. The highest BCUT2D eigenvalue weighted by atomic mass is 79.9. The minimum Gasteiger partial charge on any atom is -0.384 e. The number of ketones is 1. The zero-order valence-corrected chi connectivity index (χ0v) is 25.4. The summed E-state index contributed by atoms with van der Waals surface area (Å²) in [5.74, 6) is -0.308. The molecule has 0 saturated heterocycles. The van der Waals surface area contributed by atoms with Crippen LogP contribution in [0.25, 0.3) is 0 Å². The molecule has 1 aromatic heterocycles. The van der Waals surface area contributed by atoms with Crippen LogP contribution in [-0.2, 0) is 9.59 Å². The second-order valence-corrected chi connectivity index (χ2v) is 13.6. The van der Waals surface area contributed by atoms with Crippen molar-refractivity contribution in [3.8, 4) is 6.07 Å². The van der Waals surface area contributed by atoms with Gasteiger partial charge in [0.05, 0.1) is 23.3 Å². The quantitative estimate of drug-likeness (QED) is 0.303. The van der Waals surface area contributed by atoms with Gasteiger partial charge in [-0.05, 0) is 48.1 Å². The number of benzene rings is 2. The summed E-state index contributed by atoms with van der Waals surface area (Å²) < 4.78 is 1.45. The fourth-order valence-corrected chi connectivity index (χ4v) is 7.27. The van der Waals surface area contributed by atoms with Crippen molar-refractivity contribution in [3.63, 3.8) is 0 Å². The Balaban J connectivity index is 1.47. The Hall–Kier alpha value is -3.46. The number of rotatable bonds is 6. The van der Waals surface area contributed by atoms with Crippen LogP contribution in [0.15, 0.2) is 80.0 Å². The fraction of sp³-hybridized carbons (Fsp3) is 0.276. The molecule has 40 heavy (non-hydrogen) atoms. The van der Waals surface area contributed by atoms with E-state index in [-0.39, 0.29) is 28.7 Å². The molecule has 0 radical (unpaired) electrons. The first-order valence-corrected chi connectivity index (χ1v) is 15.2. The lowest BCUT2D eigenvalue weighted by atomic mass is 9.68. The van der Waals surface area contributed by atoms with Gasteiger partial charge in [0.1, 0.15) is 5.82 Å². The van der Waals surface area contributed by atoms with Gasteiger partial charge < -0.3 is 11.1 Å². The molecule has 2 aliphatic rings. The zero-order valence-electron chi connectivity index (χ0n) is 22.2. The van der Waals surface area contributed by atoms with Gasteiger partial charge in [-0.3, -0.25) is 14.5 Å². The molecular formula is C29H27BrN6O2S2. The average Bonchev–Trinajstić information content (AvgIpc) is 3.35. The second-order valence-electron chi connectivity index (χ2n) is 10.5. The van der Waals surface area contributed by atoms with Crippen LogP contribution in [0.5, 0.6) is 0 Å². The summed E-state index contributed by atoms with van der Waals surface area (Å²) in [5.41, 5.74) is 10.7. The van der Waals surface area contributed by atoms with Gasteiger partial charge in [-0.2, -0.15) is 5.26 Å². The molecule has 2 heterocycles. The third kappa shape index (κ3) is 5.57. The van der Waals surface area contributed by atoms with Gasteiger partial charge in [-0.15, -0.1) is 10.2 Å². The Labute approximate surface area is 249 Å². The maximum absolute atomic E-state index is 13.7. The molecule has 0 spiro atoms. The highest BCUT2D eigenvalue weighted by Crippen LogP contribution is 2.51. The lowest BCUT2D eigenvalue weighted by Gasteiger charge is -2.42. The fourth-order valence-electron chi connectivity index (χ4n) is 5.19. The maximum Gasteiger partial charge on any atom is 0.234 e. The number of allylic oxidation sites excluding steroid dienone is 3. The monoisotopic (exact) mass is 634 g/mol. The van der Waals surface area contributed by atoms with E-state index >= 15 is 0 Å². The van der Waals surface area contributed by atoms with Crippen LogP contribution in [0.4, 0.5) is 10.8 Å². The third-order valence-electron chi connectivity index (χ3n) is 6.90. The molecule has 1 aliphatic heterocycles. The lowest BCUT2D eigenvalue weighted by Crippen LogP contribution is -2.42. The van der Waals surface area contributed by atoms with Gasteiger partial charge in [0.25, 0.3) is 0 Å². The molecule has 1 amide bonds. The van der Waals surface area contributed by atoms with Crippen LogP contribution in [-0.4, -0.2) is 27.6 Å². The number of aryl methyl sites for hydroxylation is 1. The van der Waals surface area contributed by atoms with Crippen LogP contribution in [0.3, 0.4) is 0 Å². The number of nitrogens with two attached hydrogens (primary N) is 1. The molecule has 1 aliphatic carbocycles. The molecule has 0 bridgehead atoms. The molecule has 204 valence electrons. The van der Waals surface area contributed by atoms with E-state index in [4.69, 9.17) is 5.73 Å². The number of nitrogens with one attached hydrogen (secondary N) is 1. The largest absolute Gasteiger partial charge is 0.384 e.